The Kier molecular flexibility index (Phi) is 4.79. The van der Waals surface area contributed by atoms with E-state index < -0.39 is 11.6 Å². The molecule has 0 aliphatic rings. The van der Waals surface area contributed by atoms with Gasteiger partial charge in [0.25, 0.3) is 0 Å². The summed E-state index contributed by atoms with van der Waals surface area (Å²) in [5, 5.41) is 3.24. The Morgan fingerprint density at radius 3 is 2.05 bits per heavy atom. The highest BCUT2D eigenvalue weighted by molar-refractivity contribution is 5.25. The Hall–Kier alpha value is -1.81. The minimum absolute atomic E-state index is 0.109. The van der Waals surface area contributed by atoms with Gasteiger partial charge in [0.15, 0.2) is 0 Å². The fraction of sp³-hybridized carbons (Fsp3) is 0.250. The molecule has 1 nitrogen and oxygen atoms in total. The average molecular weight is 279 g/mol. The summed E-state index contributed by atoms with van der Waals surface area (Å²) in [5.74, 6) is -1.48. The largest absolute Gasteiger partial charge is 0.310 e. The standard InChI is InChI=1S/C16H16F3N/c1-2-20-16(12-3-5-13(17)6-4-12)9-11-7-14(18)10-15(19)8-11/h3-8,10,16,20H,2,9H2,1H3. The van der Waals surface area contributed by atoms with Crippen molar-refractivity contribution in [3.05, 3.63) is 71.0 Å². The van der Waals surface area contributed by atoms with Gasteiger partial charge in [0.2, 0.25) is 0 Å². The summed E-state index contributed by atoms with van der Waals surface area (Å²) in [7, 11) is 0. The third-order valence-electron chi connectivity index (χ3n) is 3.09. The molecule has 1 unspecified atom stereocenters. The fourth-order valence-electron chi connectivity index (χ4n) is 2.21. The van der Waals surface area contributed by atoms with Gasteiger partial charge in [-0.2, -0.15) is 0 Å². The van der Waals surface area contributed by atoms with Gasteiger partial charge in [-0.25, -0.2) is 13.2 Å². The van der Waals surface area contributed by atoms with Crippen molar-refractivity contribution in [1.29, 1.82) is 0 Å². The molecule has 0 radical (unpaired) electrons. The monoisotopic (exact) mass is 279 g/mol. The predicted octanol–water partition coefficient (Wildman–Crippen LogP) is 4.00. The van der Waals surface area contributed by atoms with Crippen molar-refractivity contribution in [2.45, 2.75) is 19.4 Å². The lowest BCUT2D eigenvalue weighted by Crippen LogP contribution is -2.23. The molecule has 0 fully saturated rings. The van der Waals surface area contributed by atoms with Crippen molar-refractivity contribution >= 4 is 0 Å². The van der Waals surface area contributed by atoms with Crippen LogP contribution in [-0.4, -0.2) is 6.54 Å². The SMILES string of the molecule is CCNC(Cc1cc(F)cc(F)c1)c1ccc(F)cc1. The topological polar surface area (TPSA) is 12.0 Å². The number of hydrogen-bond acceptors (Lipinski definition) is 1. The molecule has 4 heteroatoms. The zero-order valence-corrected chi connectivity index (χ0v) is 11.2. The van der Waals surface area contributed by atoms with E-state index >= 15 is 0 Å². The van der Waals surface area contributed by atoms with Gasteiger partial charge in [0.1, 0.15) is 17.5 Å². The van der Waals surface area contributed by atoms with Crippen LogP contribution in [0, 0.1) is 17.5 Å². The maximum absolute atomic E-state index is 13.2. The molecule has 0 aliphatic heterocycles. The van der Waals surface area contributed by atoms with Crippen molar-refractivity contribution in [2.75, 3.05) is 6.54 Å². The van der Waals surface area contributed by atoms with E-state index in [-0.39, 0.29) is 11.9 Å². The molecule has 2 aromatic rings. The fourth-order valence-corrected chi connectivity index (χ4v) is 2.21. The van der Waals surface area contributed by atoms with E-state index in [1.807, 2.05) is 6.92 Å². The second kappa shape index (κ2) is 6.57. The van der Waals surface area contributed by atoms with Gasteiger partial charge in [-0.1, -0.05) is 19.1 Å². The van der Waals surface area contributed by atoms with Crippen LogP contribution in [0.4, 0.5) is 13.2 Å². The van der Waals surface area contributed by atoms with E-state index in [9.17, 15) is 13.2 Å². The third kappa shape index (κ3) is 3.84. The van der Waals surface area contributed by atoms with Gasteiger partial charge in [0, 0.05) is 12.1 Å². The summed E-state index contributed by atoms with van der Waals surface area (Å²) in [6.45, 7) is 2.66. The highest BCUT2D eigenvalue weighted by atomic mass is 19.1. The summed E-state index contributed by atoms with van der Waals surface area (Å²) < 4.78 is 39.4. The highest BCUT2D eigenvalue weighted by Gasteiger charge is 2.12. The zero-order chi connectivity index (χ0) is 14.5. The summed E-state index contributed by atoms with van der Waals surface area (Å²) in [6, 6.07) is 9.49. The van der Waals surface area contributed by atoms with Gasteiger partial charge in [0.05, 0.1) is 0 Å². The molecule has 0 aromatic heterocycles. The number of hydrogen-bond donors (Lipinski definition) is 1. The maximum Gasteiger partial charge on any atom is 0.126 e. The number of nitrogens with one attached hydrogen (secondary N) is 1. The van der Waals surface area contributed by atoms with Crippen LogP contribution in [-0.2, 0) is 6.42 Å². The van der Waals surface area contributed by atoms with Gasteiger partial charge in [-0.15, -0.1) is 0 Å². The van der Waals surface area contributed by atoms with Crippen molar-refractivity contribution in [3.63, 3.8) is 0 Å². The third-order valence-corrected chi connectivity index (χ3v) is 3.09. The Morgan fingerprint density at radius 1 is 0.900 bits per heavy atom. The molecule has 1 atom stereocenters. The molecular formula is C16H16F3N. The van der Waals surface area contributed by atoms with Gasteiger partial charge >= 0.3 is 0 Å². The maximum atomic E-state index is 13.2. The first-order valence-corrected chi connectivity index (χ1v) is 6.52. The van der Waals surface area contributed by atoms with Crippen LogP contribution in [0.2, 0.25) is 0 Å². The lowest BCUT2D eigenvalue weighted by molar-refractivity contribution is 0.537. The van der Waals surface area contributed by atoms with Crippen LogP contribution in [0.5, 0.6) is 0 Å². The first-order chi connectivity index (χ1) is 9.58. The van der Waals surface area contributed by atoms with Crippen LogP contribution in [0.1, 0.15) is 24.1 Å². The first-order valence-electron chi connectivity index (χ1n) is 6.52. The van der Waals surface area contributed by atoms with Crippen LogP contribution in [0.25, 0.3) is 0 Å². The van der Waals surface area contributed by atoms with E-state index in [0.717, 1.165) is 11.6 Å². The van der Waals surface area contributed by atoms with Crippen molar-refractivity contribution < 1.29 is 13.2 Å². The molecule has 0 aliphatic carbocycles. The normalized spacial score (nSPS) is 12.4. The van der Waals surface area contributed by atoms with Gasteiger partial charge < -0.3 is 5.32 Å². The molecule has 1 N–H and O–H groups in total. The highest BCUT2D eigenvalue weighted by Crippen LogP contribution is 2.20. The van der Waals surface area contributed by atoms with Crippen LogP contribution in [0.3, 0.4) is 0 Å². The van der Waals surface area contributed by atoms with Crippen molar-refractivity contribution in [1.82, 2.24) is 5.32 Å². The van der Waals surface area contributed by atoms with Crippen LogP contribution < -0.4 is 5.32 Å². The number of rotatable bonds is 5. The summed E-state index contributed by atoms with van der Waals surface area (Å²) in [4.78, 5) is 0. The van der Waals surface area contributed by atoms with Crippen LogP contribution >= 0.6 is 0 Å². The molecule has 106 valence electrons. The van der Waals surface area contributed by atoms with Gasteiger partial charge in [-0.3, -0.25) is 0 Å². The van der Waals surface area contributed by atoms with Crippen LogP contribution in [0.15, 0.2) is 42.5 Å². The molecule has 0 amide bonds. The van der Waals surface area contributed by atoms with E-state index in [1.165, 1.54) is 24.3 Å². The molecule has 2 aromatic carbocycles. The molecule has 2 rings (SSSR count). The quantitative estimate of drug-likeness (QED) is 0.872. The predicted molar refractivity (Wildman–Crippen MR) is 72.9 cm³/mol. The molecule has 0 saturated heterocycles. The Labute approximate surface area is 116 Å². The summed E-state index contributed by atoms with van der Waals surface area (Å²) >= 11 is 0. The number of benzene rings is 2. The number of likely N-dealkylation sites (N-methyl/N-ethyl adjacent to an activating group) is 1. The Bertz CT molecular complexity index is 546. The molecule has 20 heavy (non-hydrogen) atoms. The zero-order valence-electron chi connectivity index (χ0n) is 11.2. The summed E-state index contributed by atoms with van der Waals surface area (Å²) in [5.41, 5.74) is 1.45. The van der Waals surface area contributed by atoms with E-state index in [0.29, 0.717) is 18.5 Å². The van der Waals surface area contributed by atoms with Gasteiger partial charge in [-0.05, 0) is 48.4 Å². The molecule has 0 spiro atoms. The minimum atomic E-state index is -0.589. The van der Waals surface area contributed by atoms with Crippen molar-refractivity contribution in [2.24, 2.45) is 0 Å². The number of halogens is 3. The lowest BCUT2D eigenvalue weighted by Gasteiger charge is -2.18. The van der Waals surface area contributed by atoms with E-state index in [4.69, 9.17) is 0 Å². The Morgan fingerprint density at radius 2 is 1.50 bits per heavy atom. The lowest BCUT2D eigenvalue weighted by atomic mass is 9.98. The second-order valence-corrected chi connectivity index (χ2v) is 4.64. The van der Waals surface area contributed by atoms with E-state index in [1.54, 1.807) is 12.1 Å². The van der Waals surface area contributed by atoms with Crippen molar-refractivity contribution in [3.8, 4) is 0 Å². The Balaban J connectivity index is 2.22. The smallest absolute Gasteiger partial charge is 0.126 e. The second-order valence-electron chi connectivity index (χ2n) is 4.64. The molecule has 0 heterocycles. The minimum Gasteiger partial charge on any atom is -0.310 e. The average Bonchev–Trinajstić information content (AvgIpc) is 2.38. The first kappa shape index (κ1) is 14.6. The molecule has 0 saturated carbocycles. The molecule has 0 bridgehead atoms. The molecular weight excluding hydrogens is 263 g/mol. The summed E-state index contributed by atoms with van der Waals surface area (Å²) in [6.07, 6.45) is 0.439. The van der Waals surface area contributed by atoms with E-state index in [2.05, 4.69) is 5.32 Å².